The molecule has 1 aromatic heterocycles. The van der Waals surface area contributed by atoms with Gasteiger partial charge < -0.3 is 10.1 Å². The Labute approximate surface area is 191 Å². The van der Waals surface area contributed by atoms with Crippen molar-refractivity contribution >= 4 is 27.3 Å². The van der Waals surface area contributed by atoms with Gasteiger partial charge in [-0.05, 0) is 68.1 Å². The van der Waals surface area contributed by atoms with E-state index >= 15 is 0 Å². The maximum atomic E-state index is 13.4. The molecule has 2 N–H and O–H groups in total. The first kappa shape index (κ1) is 23.9. The Hall–Kier alpha value is -2.75. The number of nitrogens with one attached hydrogen (secondary N) is 2. The molecule has 0 aliphatic rings. The highest BCUT2D eigenvalue weighted by molar-refractivity contribution is 7.89. The zero-order valence-electron chi connectivity index (χ0n) is 18.2. The monoisotopic (exact) mass is 476 g/mol. The van der Waals surface area contributed by atoms with Crippen molar-refractivity contribution in [3.63, 3.8) is 0 Å². The van der Waals surface area contributed by atoms with Gasteiger partial charge in [-0.25, -0.2) is 17.5 Å². The first-order chi connectivity index (χ1) is 15.0. The Morgan fingerprint density at radius 1 is 1.09 bits per heavy atom. The van der Waals surface area contributed by atoms with E-state index in [0.29, 0.717) is 5.56 Å². The van der Waals surface area contributed by atoms with Gasteiger partial charge in [0.2, 0.25) is 10.0 Å². The van der Waals surface area contributed by atoms with Gasteiger partial charge in [-0.3, -0.25) is 4.79 Å². The van der Waals surface area contributed by atoms with E-state index < -0.39 is 27.5 Å². The molecule has 0 bridgehead atoms. The van der Waals surface area contributed by atoms with Gasteiger partial charge in [-0.15, -0.1) is 11.3 Å². The van der Waals surface area contributed by atoms with Crippen LogP contribution in [0.25, 0.3) is 0 Å². The molecule has 0 saturated carbocycles. The Balaban J connectivity index is 1.96. The molecular weight excluding hydrogens is 451 g/mol. The standard InChI is InChI=1S/C23H25FN2O4S2/c1-23(2,3)26-32(28,29)20-14-16(9-12-18(20)30-4)22(27)25-21(19-6-5-13-31-19)15-7-10-17(24)11-8-15/h5-14,21,26H,1-4H3,(H,25,27)/t21-/m0/s1. The third-order valence-electron chi connectivity index (χ3n) is 4.46. The fraction of sp³-hybridized carbons (Fsp3) is 0.261. The molecule has 9 heteroatoms. The highest BCUT2D eigenvalue weighted by Gasteiger charge is 2.27. The zero-order chi connectivity index (χ0) is 23.5. The molecule has 1 atom stereocenters. The van der Waals surface area contributed by atoms with E-state index in [9.17, 15) is 17.6 Å². The quantitative estimate of drug-likeness (QED) is 0.526. The summed E-state index contributed by atoms with van der Waals surface area (Å²) in [6.45, 7) is 5.17. The molecular formula is C23H25FN2O4S2. The minimum absolute atomic E-state index is 0.128. The molecule has 170 valence electrons. The number of benzene rings is 2. The minimum atomic E-state index is -3.94. The molecule has 0 aliphatic carbocycles. The third-order valence-corrected chi connectivity index (χ3v) is 7.18. The smallest absolute Gasteiger partial charge is 0.252 e. The Morgan fingerprint density at radius 2 is 1.78 bits per heavy atom. The van der Waals surface area contributed by atoms with Crippen LogP contribution in [-0.4, -0.2) is 27.0 Å². The summed E-state index contributed by atoms with van der Waals surface area (Å²) in [4.78, 5) is 13.9. The van der Waals surface area contributed by atoms with E-state index in [0.717, 1.165) is 4.88 Å². The molecule has 32 heavy (non-hydrogen) atoms. The van der Waals surface area contributed by atoms with Crippen molar-refractivity contribution in [3.05, 3.63) is 81.8 Å². The first-order valence-corrected chi connectivity index (χ1v) is 12.2. The summed E-state index contributed by atoms with van der Waals surface area (Å²) in [6.07, 6.45) is 0. The Bertz CT molecular complexity index is 1190. The third kappa shape index (κ3) is 5.73. The van der Waals surface area contributed by atoms with Crippen LogP contribution < -0.4 is 14.8 Å². The lowest BCUT2D eigenvalue weighted by Crippen LogP contribution is -2.40. The number of carbonyl (C=O) groups excluding carboxylic acids is 1. The van der Waals surface area contributed by atoms with E-state index in [-0.39, 0.29) is 22.0 Å². The van der Waals surface area contributed by atoms with Crippen LogP contribution in [0, 0.1) is 5.82 Å². The average Bonchev–Trinajstić information content (AvgIpc) is 3.25. The molecule has 2 aromatic carbocycles. The van der Waals surface area contributed by atoms with Gasteiger partial charge in [-0.2, -0.15) is 0 Å². The van der Waals surface area contributed by atoms with E-state index in [1.807, 2.05) is 17.5 Å². The molecule has 0 radical (unpaired) electrons. The number of thiophene rings is 1. The van der Waals surface area contributed by atoms with Gasteiger partial charge in [0.25, 0.3) is 5.91 Å². The molecule has 0 fully saturated rings. The van der Waals surface area contributed by atoms with Crippen LogP contribution in [0.2, 0.25) is 0 Å². The topological polar surface area (TPSA) is 84.5 Å². The number of carbonyl (C=O) groups is 1. The average molecular weight is 477 g/mol. The second-order valence-electron chi connectivity index (χ2n) is 8.19. The van der Waals surface area contributed by atoms with Crippen molar-refractivity contribution in [2.24, 2.45) is 0 Å². The number of hydrogen-bond donors (Lipinski definition) is 2. The summed E-state index contributed by atoms with van der Waals surface area (Å²) in [5.74, 6) is -0.712. The van der Waals surface area contributed by atoms with Gasteiger partial charge in [0.15, 0.2) is 0 Å². The van der Waals surface area contributed by atoms with E-state index in [1.54, 1.807) is 32.9 Å². The summed E-state index contributed by atoms with van der Waals surface area (Å²) >= 11 is 1.45. The van der Waals surface area contributed by atoms with Gasteiger partial charge >= 0.3 is 0 Å². The summed E-state index contributed by atoms with van der Waals surface area (Å²) < 4.78 is 47.0. The molecule has 3 aromatic rings. The lowest BCUT2D eigenvalue weighted by molar-refractivity contribution is 0.0943. The number of ether oxygens (including phenoxy) is 1. The van der Waals surface area contributed by atoms with Crippen molar-refractivity contribution in [3.8, 4) is 5.75 Å². The lowest BCUT2D eigenvalue weighted by Gasteiger charge is -2.22. The largest absolute Gasteiger partial charge is 0.495 e. The molecule has 0 aliphatic heterocycles. The maximum absolute atomic E-state index is 13.4. The number of halogens is 1. The van der Waals surface area contributed by atoms with E-state index in [1.165, 1.54) is 48.8 Å². The van der Waals surface area contributed by atoms with Crippen molar-refractivity contribution in [1.29, 1.82) is 0 Å². The highest BCUT2D eigenvalue weighted by atomic mass is 32.2. The van der Waals surface area contributed by atoms with Crippen molar-refractivity contribution in [2.75, 3.05) is 7.11 Å². The fourth-order valence-corrected chi connectivity index (χ4v) is 5.55. The van der Waals surface area contributed by atoms with Crippen LogP contribution in [0.4, 0.5) is 4.39 Å². The SMILES string of the molecule is COc1ccc(C(=O)N[C@@H](c2ccc(F)cc2)c2cccs2)cc1S(=O)(=O)NC(C)(C)C. The summed E-state index contributed by atoms with van der Waals surface area (Å²) in [5, 5.41) is 4.81. The number of rotatable bonds is 7. The Morgan fingerprint density at radius 3 is 2.34 bits per heavy atom. The van der Waals surface area contributed by atoms with E-state index in [2.05, 4.69) is 10.0 Å². The predicted molar refractivity (Wildman–Crippen MR) is 123 cm³/mol. The van der Waals surface area contributed by atoms with Crippen LogP contribution in [0.3, 0.4) is 0 Å². The van der Waals surface area contributed by atoms with Gasteiger partial charge in [0, 0.05) is 16.0 Å². The normalized spacial score (nSPS) is 12.9. The molecule has 0 saturated heterocycles. The number of methoxy groups -OCH3 is 1. The second-order valence-corrected chi connectivity index (χ2v) is 10.8. The summed E-state index contributed by atoms with van der Waals surface area (Å²) in [6, 6.07) is 13.3. The summed E-state index contributed by atoms with van der Waals surface area (Å²) in [5.41, 5.74) is 0.149. The molecule has 0 spiro atoms. The van der Waals surface area contributed by atoms with Gasteiger partial charge in [0.05, 0.1) is 13.2 Å². The summed E-state index contributed by atoms with van der Waals surface area (Å²) in [7, 11) is -2.57. The predicted octanol–water partition coefficient (Wildman–Crippen LogP) is 4.49. The first-order valence-electron chi connectivity index (χ1n) is 9.82. The van der Waals surface area contributed by atoms with Gasteiger partial charge in [0.1, 0.15) is 16.5 Å². The molecule has 1 heterocycles. The molecule has 3 rings (SSSR count). The van der Waals surface area contributed by atoms with Crippen LogP contribution >= 0.6 is 11.3 Å². The molecule has 6 nitrogen and oxygen atoms in total. The van der Waals surface area contributed by atoms with E-state index in [4.69, 9.17) is 4.74 Å². The van der Waals surface area contributed by atoms with Crippen molar-refractivity contribution in [1.82, 2.24) is 10.0 Å². The highest BCUT2D eigenvalue weighted by Crippen LogP contribution is 2.29. The Kier molecular flexibility index (Phi) is 7.02. The van der Waals surface area contributed by atoms with Gasteiger partial charge in [-0.1, -0.05) is 18.2 Å². The maximum Gasteiger partial charge on any atom is 0.252 e. The number of hydrogen-bond acceptors (Lipinski definition) is 5. The number of amides is 1. The van der Waals surface area contributed by atoms with Crippen LogP contribution in [0.15, 0.2) is 64.9 Å². The minimum Gasteiger partial charge on any atom is -0.495 e. The van der Waals surface area contributed by atoms with Crippen molar-refractivity contribution in [2.45, 2.75) is 37.2 Å². The fourth-order valence-electron chi connectivity index (χ4n) is 3.13. The van der Waals surface area contributed by atoms with Crippen molar-refractivity contribution < 1.29 is 22.3 Å². The molecule has 0 unspecified atom stereocenters. The zero-order valence-corrected chi connectivity index (χ0v) is 19.8. The lowest BCUT2D eigenvalue weighted by atomic mass is 10.0. The van der Waals surface area contributed by atoms with Crippen LogP contribution in [0.1, 0.15) is 47.6 Å². The second kappa shape index (κ2) is 9.40. The molecule has 1 amide bonds. The van der Waals surface area contributed by atoms with Crippen LogP contribution in [-0.2, 0) is 10.0 Å². The number of sulfonamides is 1. The van der Waals surface area contributed by atoms with Crippen LogP contribution in [0.5, 0.6) is 5.75 Å².